The molecule has 0 saturated heterocycles. The second-order valence-electron chi connectivity index (χ2n) is 6.68. The van der Waals surface area contributed by atoms with Gasteiger partial charge in [0.2, 0.25) is 0 Å². The highest BCUT2D eigenvalue weighted by Crippen LogP contribution is 2.33. The summed E-state index contributed by atoms with van der Waals surface area (Å²) in [7, 11) is 6.18. The first-order valence-corrected chi connectivity index (χ1v) is 8.65. The van der Waals surface area contributed by atoms with E-state index in [-0.39, 0.29) is 12.4 Å². The van der Waals surface area contributed by atoms with Gasteiger partial charge in [-0.05, 0) is 58.1 Å². The first kappa shape index (κ1) is 19.5. The van der Waals surface area contributed by atoms with Gasteiger partial charge in [0.15, 0.2) is 5.65 Å². The predicted octanol–water partition coefficient (Wildman–Crippen LogP) is 3.78. The Morgan fingerprint density at radius 3 is 2.68 bits per heavy atom. The Kier molecular flexibility index (Phi) is 6.25. The van der Waals surface area contributed by atoms with Crippen LogP contribution in [0.15, 0.2) is 18.2 Å². The third-order valence-electron chi connectivity index (χ3n) is 4.49. The molecule has 0 atom stereocenters. The molecule has 0 spiro atoms. The number of hydrogen-bond donors (Lipinski definition) is 1. The van der Waals surface area contributed by atoms with Gasteiger partial charge in [0.1, 0.15) is 0 Å². The van der Waals surface area contributed by atoms with Gasteiger partial charge in [-0.3, -0.25) is 4.68 Å². The normalized spacial score (nSPS) is 11.3. The molecule has 1 N–H and O–H groups in total. The van der Waals surface area contributed by atoms with Crippen LogP contribution in [0.3, 0.4) is 0 Å². The summed E-state index contributed by atoms with van der Waals surface area (Å²) in [5.41, 5.74) is 5.51. The van der Waals surface area contributed by atoms with Gasteiger partial charge >= 0.3 is 0 Å². The highest BCUT2D eigenvalue weighted by atomic mass is 35.5. The van der Waals surface area contributed by atoms with Gasteiger partial charge in [0.05, 0.1) is 22.3 Å². The lowest BCUT2D eigenvalue weighted by Crippen LogP contribution is -2.16. The van der Waals surface area contributed by atoms with E-state index in [0.29, 0.717) is 0 Å². The Balaban J connectivity index is 0.00000225. The molecule has 5 nitrogen and oxygen atoms in total. The lowest BCUT2D eigenvalue weighted by molar-refractivity contribution is 0.405. The number of halogens is 1. The molecule has 3 rings (SSSR count). The smallest absolute Gasteiger partial charge is 0.160 e. The first-order valence-electron chi connectivity index (χ1n) is 8.65. The van der Waals surface area contributed by atoms with Crippen LogP contribution in [0.2, 0.25) is 0 Å². The molecule has 0 aliphatic rings. The van der Waals surface area contributed by atoms with Crippen molar-refractivity contribution >= 4 is 40.0 Å². The van der Waals surface area contributed by atoms with Crippen molar-refractivity contribution in [2.45, 2.75) is 26.7 Å². The molecule has 0 unspecified atom stereocenters. The predicted molar refractivity (Wildman–Crippen MR) is 109 cm³/mol. The van der Waals surface area contributed by atoms with Crippen LogP contribution in [0.5, 0.6) is 0 Å². The van der Waals surface area contributed by atoms with Gasteiger partial charge in [-0.1, -0.05) is 13.0 Å². The Morgan fingerprint density at radius 2 is 2.00 bits per heavy atom. The van der Waals surface area contributed by atoms with E-state index in [2.05, 4.69) is 61.5 Å². The molecule has 0 bridgehead atoms. The number of nitrogens with zero attached hydrogens (tertiary/aromatic N) is 4. The zero-order valence-electron chi connectivity index (χ0n) is 15.8. The molecular weight excluding hydrogens is 334 g/mol. The molecule has 2 heterocycles. The van der Waals surface area contributed by atoms with E-state index < -0.39 is 0 Å². The van der Waals surface area contributed by atoms with Crippen LogP contribution in [-0.4, -0.2) is 46.8 Å². The van der Waals surface area contributed by atoms with Crippen molar-refractivity contribution in [3.8, 4) is 0 Å². The van der Waals surface area contributed by atoms with Crippen LogP contribution in [0.25, 0.3) is 21.9 Å². The lowest BCUT2D eigenvalue weighted by atomic mass is 10.1. The third kappa shape index (κ3) is 3.88. The van der Waals surface area contributed by atoms with Crippen LogP contribution in [0.1, 0.15) is 24.6 Å². The van der Waals surface area contributed by atoms with Crippen LogP contribution in [0.4, 0.5) is 5.69 Å². The molecule has 0 amide bonds. The fourth-order valence-electron chi connectivity index (χ4n) is 3.21. The van der Waals surface area contributed by atoms with E-state index in [1.54, 1.807) is 0 Å². The van der Waals surface area contributed by atoms with Crippen molar-refractivity contribution in [2.24, 2.45) is 7.05 Å². The van der Waals surface area contributed by atoms with E-state index in [0.717, 1.165) is 48.2 Å². The van der Waals surface area contributed by atoms with Crippen molar-refractivity contribution in [1.29, 1.82) is 0 Å². The van der Waals surface area contributed by atoms with Gasteiger partial charge in [-0.15, -0.1) is 12.4 Å². The largest absolute Gasteiger partial charge is 0.384 e. The quantitative estimate of drug-likeness (QED) is 0.679. The maximum atomic E-state index is 4.84. The maximum absolute atomic E-state index is 4.84. The van der Waals surface area contributed by atoms with Crippen molar-refractivity contribution in [3.05, 3.63) is 29.5 Å². The molecule has 2 aromatic heterocycles. The minimum absolute atomic E-state index is 0. The van der Waals surface area contributed by atoms with Crippen molar-refractivity contribution < 1.29 is 0 Å². The molecule has 25 heavy (non-hydrogen) atoms. The highest BCUT2D eigenvalue weighted by molar-refractivity contribution is 6.07. The van der Waals surface area contributed by atoms with E-state index in [4.69, 9.17) is 4.98 Å². The fourth-order valence-corrected chi connectivity index (χ4v) is 3.21. The average molecular weight is 362 g/mol. The van der Waals surface area contributed by atoms with E-state index in [9.17, 15) is 0 Å². The van der Waals surface area contributed by atoms with E-state index in [1.165, 1.54) is 16.6 Å². The summed E-state index contributed by atoms with van der Waals surface area (Å²) in [5, 5.41) is 10.6. The Bertz CT molecular complexity index is 869. The summed E-state index contributed by atoms with van der Waals surface area (Å²) < 4.78 is 1.88. The van der Waals surface area contributed by atoms with Crippen LogP contribution >= 0.6 is 12.4 Å². The molecule has 0 aliphatic heterocycles. The van der Waals surface area contributed by atoms with E-state index >= 15 is 0 Å². The molecule has 0 aliphatic carbocycles. The zero-order chi connectivity index (χ0) is 17.3. The van der Waals surface area contributed by atoms with E-state index in [1.807, 2.05) is 11.7 Å². The summed E-state index contributed by atoms with van der Waals surface area (Å²) in [6.45, 7) is 6.26. The molecule has 6 heteroatoms. The summed E-state index contributed by atoms with van der Waals surface area (Å²) in [4.78, 5) is 7.06. The highest BCUT2D eigenvalue weighted by Gasteiger charge is 2.15. The number of benzene rings is 1. The Morgan fingerprint density at radius 1 is 1.24 bits per heavy atom. The number of rotatable bonds is 6. The van der Waals surface area contributed by atoms with Gasteiger partial charge in [-0.25, -0.2) is 4.98 Å². The van der Waals surface area contributed by atoms with Gasteiger partial charge in [-0.2, -0.15) is 5.10 Å². The number of hydrogen-bond acceptors (Lipinski definition) is 4. The number of fused-ring (bicyclic) bond motifs is 2. The second-order valence-corrected chi connectivity index (χ2v) is 6.68. The molecular formula is C19H28ClN5. The number of anilines is 1. The lowest BCUT2D eigenvalue weighted by Gasteiger charge is -2.14. The number of aryl methyl sites for hydroxylation is 3. The van der Waals surface area contributed by atoms with Crippen LogP contribution in [0, 0.1) is 6.92 Å². The number of nitrogens with one attached hydrogen (secondary N) is 1. The third-order valence-corrected chi connectivity index (χ3v) is 4.49. The topological polar surface area (TPSA) is 46.0 Å². The SMILES string of the molecule is CCc1ccc2nc3c(c(C)nn3C)c(NCCCN(C)C)c2c1.Cl. The minimum atomic E-state index is 0. The first-order chi connectivity index (χ1) is 11.5. The van der Waals surface area contributed by atoms with Crippen molar-refractivity contribution in [2.75, 3.05) is 32.5 Å². The average Bonchev–Trinajstić information content (AvgIpc) is 2.84. The number of aromatic nitrogens is 3. The Hall–Kier alpha value is -1.85. The fraction of sp³-hybridized carbons (Fsp3) is 0.474. The van der Waals surface area contributed by atoms with Crippen molar-refractivity contribution in [3.63, 3.8) is 0 Å². The monoisotopic (exact) mass is 361 g/mol. The summed E-state index contributed by atoms with van der Waals surface area (Å²) in [5.74, 6) is 0. The maximum Gasteiger partial charge on any atom is 0.160 e. The molecule has 0 radical (unpaired) electrons. The summed E-state index contributed by atoms with van der Waals surface area (Å²) in [6.07, 6.45) is 2.13. The second kappa shape index (κ2) is 8.02. The van der Waals surface area contributed by atoms with Gasteiger partial charge in [0, 0.05) is 19.0 Å². The Labute approximate surface area is 155 Å². The molecule has 0 saturated carbocycles. The molecule has 0 fully saturated rings. The molecule has 136 valence electrons. The molecule has 1 aromatic carbocycles. The minimum Gasteiger partial charge on any atom is -0.384 e. The number of pyridine rings is 1. The van der Waals surface area contributed by atoms with Crippen molar-refractivity contribution in [1.82, 2.24) is 19.7 Å². The standard InChI is InChI=1S/C19H27N5.ClH/c1-6-14-8-9-16-15(12-14)18(20-10-7-11-23(3)4)17-13(2)22-24(5)19(17)21-16;/h8-9,12H,6-7,10-11H2,1-5H3,(H,20,21);1H. The summed E-state index contributed by atoms with van der Waals surface area (Å²) >= 11 is 0. The van der Waals surface area contributed by atoms with Crippen LogP contribution in [-0.2, 0) is 13.5 Å². The van der Waals surface area contributed by atoms with Gasteiger partial charge < -0.3 is 10.2 Å². The summed E-state index contributed by atoms with van der Waals surface area (Å²) in [6, 6.07) is 6.56. The molecule has 3 aromatic rings. The van der Waals surface area contributed by atoms with Gasteiger partial charge in [0.25, 0.3) is 0 Å². The van der Waals surface area contributed by atoms with Crippen LogP contribution < -0.4 is 5.32 Å². The zero-order valence-corrected chi connectivity index (χ0v) is 16.6.